The lowest BCUT2D eigenvalue weighted by Gasteiger charge is -2.11. The predicted molar refractivity (Wildman–Crippen MR) is 176 cm³/mol. The molecule has 2 heterocycles. The van der Waals surface area contributed by atoms with Crippen LogP contribution in [0.1, 0.15) is 0 Å². The summed E-state index contributed by atoms with van der Waals surface area (Å²) in [6.45, 7) is 0. The highest BCUT2D eigenvalue weighted by Gasteiger charge is 2.20. The molecule has 0 saturated heterocycles. The average Bonchev–Trinajstić information content (AvgIpc) is 3.48. The zero-order valence-electron chi connectivity index (χ0n) is 23.0. The van der Waals surface area contributed by atoms with Crippen LogP contribution in [0.15, 0.2) is 144 Å². The third-order valence-corrected chi connectivity index (χ3v) is 8.31. The fourth-order valence-corrected chi connectivity index (χ4v) is 6.39. The molecule has 43 heavy (non-hydrogen) atoms. The first-order valence-corrected chi connectivity index (χ1v) is 14.4. The molecule has 0 radical (unpaired) electrons. The SMILES string of the molecule is c1ccc(-c2nc(-c3ccccc3)nc(-c3cccc4oc5c(ccc6c7ccccc7c7ccccc7c65)c34)n2)cc1. The summed E-state index contributed by atoms with van der Waals surface area (Å²) in [5, 5.41) is 9.21. The molecule has 0 aliphatic heterocycles. The molecule has 0 atom stereocenters. The van der Waals surface area contributed by atoms with Gasteiger partial charge in [0, 0.05) is 32.8 Å². The van der Waals surface area contributed by atoms with Crippen LogP contribution in [-0.4, -0.2) is 15.0 Å². The third kappa shape index (κ3) is 3.67. The fraction of sp³-hybridized carbons (Fsp3) is 0. The molecule has 0 fully saturated rings. The normalized spacial score (nSPS) is 11.7. The van der Waals surface area contributed by atoms with Gasteiger partial charge >= 0.3 is 0 Å². The van der Waals surface area contributed by atoms with E-state index in [-0.39, 0.29) is 0 Å². The molecule has 4 heteroatoms. The van der Waals surface area contributed by atoms with E-state index in [4.69, 9.17) is 19.4 Å². The summed E-state index contributed by atoms with van der Waals surface area (Å²) in [6.07, 6.45) is 0. The Hall–Kier alpha value is -5.87. The van der Waals surface area contributed by atoms with E-state index >= 15 is 0 Å². The molecule has 0 N–H and O–H groups in total. The molecule has 9 aromatic rings. The molecule has 200 valence electrons. The number of hydrogen-bond donors (Lipinski definition) is 0. The van der Waals surface area contributed by atoms with E-state index in [2.05, 4.69) is 66.7 Å². The average molecular weight is 550 g/mol. The Labute approximate surface area is 246 Å². The maximum Gasteiger partial charge on any atom is 0.164 e. The quantitative estimate of drug-likeness (QED) is 0.206. The molecule has 0 bridgehead atoms. The monoisotopic (exact) mass is 549 g/mol. The highest BCUT2D eigenvalue weighted by molar-refractivity contribution is 6.32. The molecule has 0 saturated carbocycles. The molecule has 0 amide bonds. The van der Waals surface area contributed by atoms with Gasteiger partial charge in [-0.2, -0.15) is 0 Å². The van der Waals surface area contributed by atoms with Crippen molar-refractivity contribution in [3.8, 4) is 34.2 Å². The van der Waals surface area contributed by atoms with Crippen LogP contribution in [0.25, 0.3) is 88.4 Å². The van der Waals surface area contributed by atoms with Crippen LogP contribution in [0.5, 0.6) is 0 Å². The Balaban J connectivity index is 1.38. The van der Waals surface area contributed by atoms with Crippen molar-refractivity contribution in [3.05, 3.63) is 140 Å². The summed E-state index contributed by atoms with van der Waals surface area (Å²) in [5.41, 5.74) is 4.48. The smallest absolute Gasteiger partial charge is 0.164 e. The lowest BCUT2D eigenvalue weighted by atomic mass is 9.93. The van der Waals surface area contributed by atoms with E-state index in [9.17, 15) is 0 Å². The maximum atomic E-state index is 6.74. The van der Waals surface area contributed by atoms with E-state index in [1.807, 2.05) is 72.8 Å². The number of rotatable bonds is 3. The number of nitrogens with zero attached hydrogens (tertiary/aromatic N) is 3. The van der Waals surface area contributed by atoms with E-state index in [1.54, 1.807) is 0 Å². The van der Waals surface area contributed by atoms with Crippen LogP contribution in [-0.2, 0) is 0 Å². The first-order chi connectivity index (χ1) is 21.3. The van der Waals surface area contributed by atoms with Gasteiger partial charge in [0.1, 0.15) is 11.2 Å². The molecule has 0 aliphatic rings. The molecule has 0 unspecified atom stereocenters. The van der Waals surface area contributed by atoms with Gasteiger partial charge in [-0.25, -0.2) is 15.0 Å². The van der Waals surface area contributed by atoms with Crippen LogP contribution >= 0.6 is 0 Å². The molecule has 0 spiro atoms. The zero-order valence-corrected chi connectivity index (χ0v) is 23.0. The van der Waals surface area contributed by atoms with Crippen LogP contribution in [0, 0.1) is 0 Å². The second kappa shape index (κ2) is 9.33. The summed E-state index contributed by atoms with van der Waals surface area (Å²) in [5.74, 6) is 1.89. The lowest BCUT2D eigenvalue weighted by Crippen LogP contribution is -2.00. The minimum Gasteiger partial charge on any atom is -0.455 e. The van der Waals surface area contributed by atoms with Crippen molar-refractivity contribution in [2.45, 2.75) is 0 Å². The minimum absolute atomic E-state index is 0.615. The van der Waals surface area contributed by atoms with E-state index < -0.39 is 0 Å². The predicted octanol–water partition coefficient (Wildman–Crippen LogP) is 10.2. The van der Waals surface area contributed by atoms with Gasteiger partial charge in [0.05, 0.1) is 0 Å². The molecule has 0 aliphatic carbocycles. The second-order valence-electron chi connectivity index (χ2n) is 10.8. The Bertz CT molecular complexity index is 2410. The largest absolute Gasteiger partial charge is 0.455 e. The van der Waals surface area contributed by atoms with Gasteiger partial charge in [0.15, 0.2) is 17.5 Å². The molecular formula is C39H23N3O. The van der Waals surface area contributed by atoms with Crippen LogP contribution in [0.3, 0.4) is 0 Å². The van der Waals surface area contributed by atoms with Crippen molar-refractivity contribution < 1.29 is 4.42 Å². The van der Waals surface area contributed by atoms with Gasteiger partial charge in [0.25, 0.3) is 0 Å². The zero-order chi connectivity index (χ0) is 28.3. The Morgan fingerprint density at radius 2 is 0.837 bits per heavy atom. The first kappa shape index (κ1) is 23.8. The summed E-state index contributed by atoms with van der Waals surface area (Å²) < 4.78 is 6.74. The first-order valence-electron chi connectivity index (χ1n) is 14.4. The molecule has 4 nitrogen and oxygen atoms in total. The topological polar surface area (TPSA) is 51.8 Å². The van der Waals surface area contributed by atoms with Gasteiger partial charge in [-0.3, -0.25) is 0 Å². The van der Waals surface area contributed by atoms with Crippen LogP contribution < -0.4 is 0 Å². The molecule has 9 rings (SSSR count). The summed E-state index contributed by atoms with van der Waals surface area (Å²) >= 11 is 0. The number of hydrogen-bond acceptors (Lipinski definition) is 4. The van der Waals surface area contributed by atoms with Crippen molar-refractivity contribution in [3.63, 3.8) is 0 Å². The number of fused-ring (bicyclic) bond motifs is 10. The number of aromatic nitrogens is 3. The van der Waals surface area contributed by atoms with E-state index in [0.29, 0.717) is 17.5 Å². The van der Waals surface area contributed by atoms with Crippen molar-refractivity contribution in [1.29, 1.82) is 0 Å². The highest BCUT2D eigenvalue weighted by atomic mass is 16.3. The second-order valence-corrected chi connectivity index (χ2v) is 10.8. The Kier molecular flexibility index (Phi) is 5.16. The Morgan fingerprint density at radius 3 is 1.47 bits per heavy atom. The highest BCUT2D eigenvalue weighted by Crippen LogP contribution is 2.43. The van der Waals surface area contributed by atoms with Crippen LogP contribution in [0.4, 0.5) is 0 Å². The molecular weight excluding hydrogens is 526 g/mol. The van der Waals surface area contributed by atoms with E-state index in [0.717, 1.165) is 44.0 Å². The van der Waals surface area contributed by atoms with Crippen molar-refractivity contribution in [1.82, 2.24) is 15.0 Å². The van der Waals surface area contributed by atoms with Crippen molar-refractivity contribution >= 4 is 54.3 Å². The minimum atomic E-state index is 0.615. The van der Waals surface area contributed by atoms with Crippen molar-refractivity contribution in [2.75, 3.05) is 0 Å². The van der Waals surface area contributed by atoms with Gasteiger partial charge in [-0.15, -0.1) is 0 Å². The van der Waals surface area contributed by atoms with Gasteiger partial charge in [0.2, 0.25) is 0 Å². The number of benzene rings is 7. The maximum absolute atomic E-state index is 6.74. The van der Waals surface area contributed by atoms with Crippen molar-refractivity contribution in [2.24, 2.45) is 0 Å². The van der Waals surface area contributed by atoms with E-state index in [1.165, 1.54) is 26.9 Å². The van der Waals surface area contributed by atoms with Crippen LogP contribution in [0.2, 0.25) is 0 Å². The summed E-state index contributed by atoms with van der Waals surface area (Å²) in [4.78, 5) is 14.9. The van der Waals surface area contributed by atoms with Gasteiger partial charge in [-0.1, -0.05) is 127 Å². The fourth-order valence-electron chi connectivity index (χ4n) is 6.39. The standard InChI is InChI=1S/C39H23N3O/c1-3-12-24(13-4-1)37-40-38(25-14-5-2-6-15-25)42-39(41-37)32-20-11-21-33-34(32)31-23-22-30-28-18-8-7-16-26(28)27-17-9-10-19-29(27)35(30)36(31)43-33/h1-23H. The molecule has 7 aromatic carbocycles. The summed E-state index contributed by atoms with van der Waals surface area (Å²) in [7, 11) is 0. The summed E-state index contributed by atoms with van der Waals surface area (Å²) in [6, 6.07) is 47.9. The number of furan rings is 1. The third-order valence-electron chi connectivity index (χ3n) is 8.31. The lowest BCUT2D eigenvalue weighted by molar-refractivity contribution is 0.673. The Morgan fingerprint density at radius 1 is 0.349 bits per heavy atom. The van der Waals surface area contributed by atoms with Gasteiger partial charge < -0.3 is 4.42 Å². The van der Waals surface area contributed by atoms with Gasteiger partial charge in [-0.05, 0) is 39.1 Å². The molecule has 2 aromatic heterocycles.